The van der Waals surface area contributed by atoms with E-state index in [1.807, 2.05) is 45.0 Å². The number of pyridine rings is 1. The number of nitrogens with zero attached hydrogens (tertiary/aromatic N) is 1. The molecule has 0 aliphatic carbocycles. The van der Waals surface area contributed by atoms with Gasteiger partial charge in [-0.2, -0.15) is 0 Å². The average Bonchev–Trinajstić information content (AvgIpc) is 2.56. The van der Waals surface area contributed by atoms with Gasteiger partial charge in [0.15, 0.2) is 5.43 Å². The highest BCUT2D eigenvalue weighted by Gasteiger charge is 2.18. The summed E-state index contributed by atoms with van der Waals surface area (Å²) in [4.78, 5) is 25.2. The lowest BCUT2D eigenvalue weighted by atomic mass is 10.1. The predicted molar refractivity (Wildman–Crippen MR) is 103 cm³/mol. The third-order valence-electron chi connectivity index (χ3n) is 4.63. The van der Waals surface area contributed by atoms with Crippen LogP contribution in [0.15, 0.2) is 35.1 Å². The highest BCUT2D eigenvalue weighted by Crippen LogP contribution is 2.16. The fourth-order valence-corrected chi connectivity index (χ4v) is 3.13. The number of benzene rings is 1. The summed E-state index contributed by atoms with van der Waals surface area (Å²) in [7, 11) is 0. The molecular weight excluding hydrogens is 312 g/mol. The zero-order chi connectivity index (χ0) is 18.4. The van der Waals surface area contributed by atoms with Crippen LogP contribution in [0.2, 0.25) is 0 Å². The van der Waals surface area contributed by atoms with Gasteiger partial charge in [0.25, 0.3) is 5.91 Å². The zero-order valence-corrected chi connectivity index (χ0v) is 15.7. The Kier molecular flexibility index (Phi) is 6.57. The molecule has 0 saturated carbocycles. The summed E-state index contributed by atoms with van der Waals surface area (Å²) in [5.41, 5.74) is 3.39. The Morgan fingerprint density at radius 1 is 1.08 bits per heavy atom. The molecule has 2 aromatic rings. The van der Waals surface area contributed by atoms with Crippen LogP contribution in [0.3, 0.4) is 0 Å². The van der Waals surface area contributed by atoms with Crippen LogP contribution in [0.25, 0.3) is 0 Å². The van der Waals surface area contributed by atoms with Crippen molar-refractivity contribution in [2.75, 3.05) is 5.32 Å². The molecule has 4 nitrogen and oxygen atoms in total. The van der Waals surface area contributed by atoms with E-state index in [9.17, 15) is 9.59 Å². The van der Waals surface area contributed by atoms with E-state index in [4.69, 9.17) is 0 Å². The maximum Gasteiger partial charge on any atom is 0.261 e. The summed E-state index contributed by atoms with van der Waals surface area (Å²) in [6.07, 6.45) is 4.61. The largest absolute Gasteiger partial charge is 0.348 e. The van der Waals surface area contributed by atoms with Crippen molar-refractivity contribution in [3.8, 4) is 0 Å². The van der Waals surface area contributed by atoms with Crippen LogP contribution in [-0.4, -0.2) is 10.5 Å². The van der Waals surface area contributed by atoms with Crippen LogP contribution in [0, 0.1) is 20.8 Å². The van der Waals surface area contributed by atoms with Gasteiger partial charge in [-0.05, 0) is 38.8 Å². The van der Waals surface area contributed by atoms with E-state index >= 15 is 0 Å². The highest BCUT2D eigenvalue weighted by molar-refractivity contribution is 6.05. The third-order valence-corrected chi connectivity index (χ3v) is 4.63. The van der Waals surface area contributed by atoms with Crippen molar-refractivity contribution in [3.05, 3.63) is 63.1 Å². The molecule has 0 atom stereocenters. The lowest BCUT2D eigenvalue weighted by Crippen LogP contribution is -2.27. The smallest absolute Gasteiger partial charge is 0.261 e. The number of anilines is 1. The SMILES string of the molecule is CCCCCCn1c(C)cc(=O)c(C(=O)Nc2ccccc2C)c1C. The molecule has 0 spiro atoms. The van der Waals surface area contributed by atoms with Gasteiger partial charge in [-0.1, -0.05) is 44.4 Å². The summed E-state index contributed by atoms with van der Waals surface area (Å²) in [6.45, 7) is 8.74. The van der Waals surface area contributed by atoms with Gasteiger partial charge in [0.05, 0.1) is 0 Å². The molecule has 25 heavy (non-hydrogen) atoms. The number of carbonyl (C=O) groups is 1. The van der Waals surface area contributed by atoms with E-state index in [0.29, 0.717) is 0 Å². The van der Waals surface area contributed by atoms with Gasteiger partial charge < -0.3 is 9.88 Å². The second-order valence-electron chi connectivity index (χ2n) is 6.59. The van der Waals surface area contributed by atoms with Gasteiger partial charge >= 0.3 is 0 Å². The van der Waals surface area contributed by atoms with Crippen LogP contribution >= 0.6 is 0 Å². The van der Waals surface area contributed by atoms with Gasteiger partial charge in [0.1, 0.15) is 5.56 Å². The molecule has 1 amide bonds. The summed E-state index contributed by atoms with van der Waals surface area (Å²) >= 11 is 0. The molecule has 0 aliphatic heterocycles. The Bertz CT molecular complexity index is 806. The van der Waals surface area contributed by atoms with Crippen LogP contribution in [0.5, 0.6) is 0 Å². The van der Waals surface area contributed by atoms with E-state index in [2.05, 4.69) is 16.8 Å². The van der Waals surface area contributed by atoms with Crippen molar-refractivity contribution in [3.63, 3.8) is 0 Å². The van der Waals surface area contributed by atoms with Gasteiger partial charge in [0.2, 0.25) is 0 Å². The van der Waals surface area contributed by atoms with E-state index in [-0.39, 0.29) is 16.9 Å². The molecule has 0 fully saturated rings. The van der Waals surface area contributed by atoms with Crippen molar-refractivity contribution in [2.24, 2.45) is 0 Å². The number of aromatic nitrogens is 1. The fourth-order valence-electron chi connectivity index (χ4n) is 3.13. The number of aryl methyl sites for hydroxylation is 2. The molecule has 0 radical (unpaired) electrons. The monoisotopic (exact) mass is 340 g/mol. The van der Waals surface area contributed by atoms with Crippen molar-refractivity contribution in [1.82, 2.24) is 4.57 Å². The Morgan fingerprint density at radius 2 is 1.80 bits per heavy atom. The fraction of sp³-hybridized carbons (Fsp3) is 0.429. The summed E-state index contributed by atoms with van der Waals surface area (Å²) in [5.74, 6) is -0.334. The standard InChI is InChI=1S/C21H28N2O2/c1-5-6-7-10-13-23-16(3)14-19(24)20(17(23)4)21(25)22-18-12-9-8-11-15(18)2/h8-9,11-12,14H,5-7,10,13H2,1-4H3,(H,22,25). The number of nitrogens with one attached hydrogen (secondary N) is 1. The molecule has 1 heterocycles. The Labute approximate surface area is 149 Å². The zero-order valence-electron chi connectivity index (χ0n) is 15.7. The second kappa shape index (κ2) is 8.65. The number of hydrogen-bond acceptors (Lipinski definition) is 2. The van der Waals surface area contributed by atoms with E-state index < -0.39 is 0 Å². The van der Waals surface area contributed by atoms with Crippen LogP contribution in [0.4, 0.5) is 5.69 Å². The summed E-state index contributed by atoms with van der Waals surface area (Å²) < 4.78 is 2.09. The first-order chi connectivity index (χ1) is 12.0. The molecule has 1 N–H and O–H groups in total. The van der Waals surface area contributed by atoms with Crippen LogP contribution in [0.1, 0.15) is 59.9 Å². The molecule has 4 heteroatoms. The molecule has 0 aliphatic rings. The normalized spacial score (nSPS) is 10.7. The maximum absolute atomic E-state index is 12.7. The molecular formula is C21H28N2O2. The Hall–Kier alpha value is -2.36. The van der Waals surface area contributed by atoms with Gasteiger partial charge in [-0.25, -0.2) is 0 Å². The first-order valence-electron chi connectivity index (χ1n) is 9.03. The topological polar surface area (TPSA) is 51.1 Å². The number of unbranched alkanes of at least 4 members (excludes halogenated alkanes) is 3. The maximum atomic E-state index is 12.7. The molecule has 1 aromatic heterocycles. The lowest BCUT2D eigenvalue weighted by molar-refractivity contribution is 0.102. The number of amides is 1. The van der Waals surface area contributed by atoms with Crippen molar-refractivity contribution < 1.29 is 4.79 Å². The molecule has 1 aromatic carbocycles. The molecule has 0 bridgehead atoms. The second-order valence-corrected chi connectivity index (χ2v) is 6.59. The van der Waals surface area contributed by atoms with Crippen LogP contribution in [-0.2, 0) is 6.54 Å². The molecule has 0 unspecified atom stereocenters. The van der Waals surface area contributed by atoms with Gasteiger partial charge in [-0.3, -0.25) is 9.59 Å². The Balaban J connectivity index is 2.29. The lowest BCUT2D eigenvalue weighted by Gasteiger charge is -2.18. The highest BCUT2D eigenvalue weighted by atomic mass is 16.2. The van der Waals surface area contributed by atoms with E-state index in [1.165, 1.54) is 12.8 Å². The average molecular weight is 340 g/mol. The van der Waals surface area contributed by atoms with E-state index in [1.54, 1.807) is 6.07 Å². The third kappa shape index (κ3) is 4.59. The van der Waals surface area contributed by atoms with Crippen LogP contribution < -0.4 is 10.7 Å². The number of carbonyl (C=O) groups excluding carboxylic acids is 1. The quantitative estimate of drug-likeness (QED) is 0.749. The first-order valence-corrected chi connectivity index (χ1v) is 9.03. The predicted octanol–water partition coefficient (Wildman–Crippen LogP) is 4.61. The van der Waals surface area contributed by atoms with Gasteiger partial charge in [0, 0.05) is 29.7 Å². The number of hydrogen-bond donors (Lipinski definition) is 1. The minimum Gasteiger partial charge on any atom is -0.348 e. The first kappa shape index (κ1) is 19.0. The summed E-state index contributed by atoms with van der Waals surface area (Å²) in [5, 5.41) is 2.88. The summed E-state index contributed by atoms with van der Waals surface area (Å²) in [6, 6.07) is 9.14. The minimum atomic E-state index is -0.334. The van der Waals surface area contributed by atoms with Crippen molar-refractivity contribution in [2.45, 2.75) is 59.9 Å². The van der Waals surface area contributed by atoms with E-state index in [0.717, 1.165) is 42.0 Å². The molecule has 134 valence electrons. The number of para-hydroxylation sites is 1. The molecule has 0 saturated heterocycles. The van der Waals surface area contributed by atoms with Crippen molar-refractivity contribution >= 4 is 11.6 Å². The molecule has 2 rings (SSSR count). The van der Waals surface area contributed by atoms with Gasteiger partial charge in [-0.15, -0.1) is 0 Å². The van der Waals surface area contributed by atoms with Crippen molar-refractivity contribution in [1.29, 1.82) is 0 Å². The Morgan fingerprint density at radius 3 is 2.48 bits per heavy atom. The number of rotatable bonds is 7. The minimum absolute atomic E-state index is 0.217.